The van der Waals surface area contributed by atoms with E-state index in [-0.39, 0.29) is 10.7 Å². The summed E-state index contributed by atoms with van der Waals surface area (Å²) in [6.07, 6.45) is -1.73. The Bertz CT molecular complexity index is 1330. The van der Waals surface area contributed by atoms with Gasteiger partial charge >= 0.3 is 6.18 Å². The fourth-order valence-electron chi connectivity index (χ4n) is 3.39. The number of pyridine rings is 1. The van der Waals surface area contributed by atoms with E-state index in [0.29, 0.717) is 22.5 Å². The summed E-state index contributed by atoms with van der Waals surface area (Å²) >= 11 is 2.96. The molecule has 4 rings (SSSR count). The van der Waals surface area contributed by atoms with E-state index in [4.69, 9.17) is 11.6 Å². The molecule has 0 saturated heterocycles. The topological polar surface area (TPSA) is 70.4 Å². The molecule has 1 unspecified atom stereocenters. The molecule has 6 nitrogen and oxygen atoms in total. The van der Waals surface area contributed by atoms with Crippen molar-refractivity contribution in [2.45, 2.75) is 6.18 Å². The number of hydrogen-bond donors (Lipinski definition) is 0. The molecule has 1 atom stereocenters. The van der Waals surface area contributed by atoms with Crippen LogP contribution >= 0.6 is 11.6 Å². The summed E-state index contributed by atoms with van der Waals surface area (Å²) in [6, 6.07) is 14.4. The molecule has 0 fully saturated rings. The summed E-state index contributed by atoms with van der Waals surface area (Å²) < 4.78 is 68.7. The normalized spacial score (nSPS) is 12.8. The predicted molar refractivity (Wildman–Crippen MR) is 115 cm³/mol. The summed E-state index contributed by atoms with van der Waals surface area (Å²) in [6.45, 7) is 0. The Morgan fingerprint density at radius 2 is 1.94 bits per heavy atom. The molecule has 2 heterocycles. The van der Waals surface area contributed by atoms with Gasteiger partial charge in [-0.15, -0.1) is 0 Å². The number of fused-ring (bicyclic) bond motifs is 1. The maximum atomic E-state index is 13.6. The van der Waals surface area contributed by atoms with Gasteiger partial charge < -0.3 is 9.12 Å². The molecule has 0 amide bonds. The minimum Gasteiger partial charge on any atom is -0.748 e. The van der Waals surface area contributed by atoms with Crippen LogP contribution < -0.4 is 5.06 Å². The van der Waals surface area contributed by atoms with E-state index in [1.54, 1.807) is 53.2 Å². The largest absolute Gasteiger partial charge is 0.748 e. The Morgan fingerprint density at radius 1 is 1.16 bits per heavy atom. The molecular weight excluding hydrogens is 467 g/mol. The first kappa shape index (κ1) is 22.3. The number of alkyl halides is 3. The van der Waals surface area contributed by atoms with Crippen LogP contribution in [0.4, 0.5) is 18.9 Å². The van der Waals surface area contributed by atoms with Crippen molar-refractivity contribution in [3.63, 3.8) is 0 Å². The molecule has 2 aromatic heterocycles. The van der Waals surface area contributed by atoms with Gasteiger partial charge in [0.2, 0.25) is 0 Å². The zero-order valence-corrected chi connectivity index (χ0v) is 17.9. The van der Waals surface area contributed by atoms with Crippen LogP contribution in [0.3, 0.4) is 0 Å². The zero-order valence-electron chi connectivity index (χ0n) is 16.3. The van der Waals surface area contributed by atoms with Gasteiger partial charge in [0.1, 0.15) is 16.5 Å². The van der Waals surface area contributed by atoms with E-state index in [9.17, 15) is 21.9 Å². The molecule has 0 N–H and O–H groups in total. The molecule has 4 aromatic rings. The molecule has 0 bridgehead atoms. The average Bonchev–Trinajstić information content (AvgIpc) is 3.16. The quantitative estimate of drug-likeness (QED) is 0.213. The van der Waals surface area contributed by atoms with Gasteiger partial charge in [-0.3, -0.25) is 0 Å². The molecular formula is C21H14ClF3N3O3S-. The van der Waals surface area contributed by atoms with Crippen molar-refractivity contribution in [2.24, 2.45) is 0 Å². The Kier molecular flexibility index (Phi) is 5.95. The molecule has 0 radical (unpaired) electrons. The molecule has 0 saturated carbocycles. The maximum absolute atomic E-state index is 13.6. The molecule has 11 heteroatoms. The lowest BCUT2D eigenvalue weighted by atomic mass is 10.0. The average molecular weight is 481 g/mol. The number of halogens is 4. The van der Waals surface area contributed by atoms with Gasteiger partial charge in [0, 0.05) is 36.1 Å². The third-order valence-electron chi connectivity index (χ3n) is 4.82. The number of hydrogen-bond acceptors (Lipinski definition) is 5. The third-order valence-corrected chi connectivity index (χ3v) is 5.38. The second-order valence-electron chi connectivity index (χ2n) is 6.81. The van der Waals surface area contributed by atoms with Gasteiger partial charge in [0.15, 0.2) is 0 Å². The van der Waals surface area contributed by atoms with Crippen LogP contribution in [0.15, 0.2) is 67.0 Å². The summed E-state index contributed by atoms with van der Waals surface area (Å²) in [5.74, 6) is 0. The number of nitrogens with zero attached hydrogens (tertiary/aromatic N) is 3. The van der Waals surface area contributed by atoms with Crippen molar-refractivity contribution < 1.29 is 26.2 Å². The summed E-state index contributed by atoms with van der Waals surface area (Å²) in [4.78, 5) is 3.82. The van der Waals surface area contributed by atoms with Gasteiger partial charge in [-0.1, -0.05) is 29.8 Å². The number of rotatable bonds is 5. The maximum Gasteiger partial charge on any atom is 0.417 e. The van der Waals surface area contributed by atoms with Crippen molar-refractivity contribution in [1.82, 2.24) is 9.55 Å². The lowest BCUT2D eigenvalue weighted by Gasteiger charge is -2.19. The van der Waals surface area contributed by atoms with Crippen LogP contribution in [-0.2, 0) is 21.8 Å². The fourth-order valence-corrected chi connectivity index (χ4v) is 3.82. The molecule has 2 aromatic carbocycles. The number of anilines is 1. The van der Waals surface area contributed by atoms with Crippen LogP contribution in [0.1, 0.15) is 5.56 Å². The number of benzene rings is 2. The van der Waals surface area contributed by atoms with Crippen LogP contribution in [0.25, 0.3) is 27.7 Å². The van der Waals surface area contributed by atoms with Gasteiger partial charge in [-0.05, 0) is 42.0 Å². The van der Waals surface area contributed by atoms with E-state index in [1.807, 2.05) is 6.07 Å². The fraction of sp³-hybridized carbons (Fsp3) is 0.0952. The van der Waals surface area contributed by atoms with Crippen molar-refractivity contribution >= 4 is 39.6 Å². The van der Waals surface area contributed by atoms with Gasteiger partial charge in [-0.2, -0.15) is 17.5 Å². The Hall–Kier alpha value is -2.92. The van der Waals surface area contributed by atoms with Gasteiger partial charge in [0.25, 0.3) is 0 Å². The van der Waals surface area contributed by atoms with Crippen LogP contribution in [0.5, 0.6) is 0 Å². The SMILES string of the molecule is CN(OS(=O)[O-])c1ccc2ccn(-c3cccc(-c4cnc(Cl)cc4C(F)(F)F)c3)c2c1. The highest BCUT2D eigenvalue weighted by molar-refractivity contribution is 7.74. The molecule has 0 spiro atoms. The first-order chi connectivity index (χ1) is 15.1. The predicted octanol–water partition coefficient (Wildman–Crippen LogP) is 5.53. The van der Waals surface area contributed by atoms with Gasteiger partial charge in [-0.25, -0.2) is 14.3 Å². The van der Waals surface area contributed by atoms with Crippen LogP contribution in [0, 0.1) is 0 Å². The number of aromatic nitrogens is 2. The first-order valence-corrected chi connectivity index (χ1v) is 10.5. The van der Waals surface area contributed by atoms with Crippen molar-refractivity contribution in [3.05, 3.63) is 77.7 Å². The van der Waals surface area contributed by atoms with Crippen molar-refractivity contribution in [3.8, 4) is 16.8 Å². The van der Waals surface area contributed by atoms with Crippen LogP contribution in [-0.4, -0.2) is 25.4 Å². The minimum atomic E-state index is -4.60. The smallest absolute Gasteiger partial charge is 0.417 e. The zero-order chi connectivity index (χ0) is 23.0. The lowest BCUT2D eigenvalue weighted by Crippen LogP contribution is -2.18. The molecule has 0 aliphatic heterocycles. The lowest BCUT2D eigenvalue weighted by molar-refractivity contribution is -0.137. The first-order valence-electron chi connectivity index (χ1n) is 9.09. The molecule has 0 aliphatic rings. The van der Waals surface area contributed by atoms with E-state index in [1.165, 1.54) is 7.05 Å². The molecule has 32 heavy (non-hydrogen) atoms. The van der Waals surface area contributed by atoms with E-state index >= 15 is 0 Å². The Morgan fingerprint density at radius 3 is 2.66 bits per heavy atom. The summed E-state index contributed by atoms with van der Waals surface area (Å²) in [5, 5.41) is 1.69. The highest BCUT2D eigenvalue weighted by Gasteiger charge is 2.34. The highest BCUT2D eigenvalue weighted by atomic mass is 35.5. The van der Waals surface area contributed by atoms with Crippen LogP contribution in [0.2, 0.25) is 5.15 Å². The third kappa shape index (κ3) is 4.49. The number of hydroxylamine groups is 1. The minimum absolute atomic E-state index is 0.0908. The Labute approximate surface area is 188 Å². The highest BCUT2D eigenvalue weighted by Crippen LogP contribution is 2.38. The summed E-state index contributed by atoms with van der Waals surface area (Å²) in [5.41, 5.74) is 1.13. The molecule has 166 valence electrons. The van der Waals surface area contributed by atoms with Gasteiger partial charge in [0.05, 0.1) is 16.8 Å². The summed E-state index contributed by atoms with van der Waals surface area (Å²) in [7, 11) is 1.44. The van der Waals surface area contributed by atoms with E-state index in [2.05, 4.69) is 9.27 Å². The van der Waals surface area contributed by atoms with Crippen molar-refractivity contribution in [2.75, 3.05) is 12.1 Å². The standard InChI is InChI=1S/C21H15ClF3N3O3S/c1-27(31-32(29)30)15-6-5-13-7-8-28(19(13)10-15)16-4-2-3-14(9-16)17-12-26-20(22)11-18(17)21(23,24)25/h2-12H,1H3,(H,29,30)/p-1. The second kappa shape index (κ2) is 8.55. The van der Waals surface area contributed by atoms with E-state index < -0.39 is 23.1 Å². The second-order valence-corrected chi connectivity index (χ2v) is 7.75. The monoisotopic (exact) mass is 480 g/mol. The molecule has 0 aliphatic carbocycles. The Balaban J connectivity index is 1.80. The van der Waals surface area contributed by atoms with Crippen molar-refractivity contribution in [1.29, 1.82) is 0 Å². The van der Waals surface area contributed by atoms with E-state index in [0.717, 1.165) is 22.7 Å².